The van der Waals surface area contributed by atoms with Crippen molar-refractivity contribution in [2.24, 2.45) is 5.92 Å². The van der Waals surface area contributed by atoms with E-state index in [2.05, 4.69) is 11.8 Å². The molecule has 0 N–H and O–H groups in total. The first-order valence-corrected chi connectivity index (χ1v) is 13.0. The molecule has 0 saturated heterocycles. The second-order valence-electron chi connectivity index (χ2n) is 10.3. The van der Waals surface area contributed by atoms with Gasteiger partial charge in [0.1, 0.15) is 5.82 Å². The van der Waals surface area contributed by atoms with Gasteiger partial charge in [-0.1, -0.05) is 37.5 Å². The zero-order chi connectivity index (χ0) is 27.5. The monoisotopic (exact) mass is 537 g/mol. The molecule has 1 heterocycles. The van der Waals surface area contributed by atoms with Crippen molar-refractivity contribution in [2.75, 3.05) is 25.0 Å². The molecule has 1 aromatic heterocycles. The van der Waals surface area contributed by atoms with E-state index in [1.54, 1.807) is 11.9 Å². The number of fused-ring (bicyclic) bond motifs is 1. The van der Waals surface area contributed by atoms with Crippen LogP contribution in [0.5, 0.6) is 0 Å². The molecule has 0 radical (unpaired) electrons. The van der Waals surface area contributed by atoms with Crippen LogP contribution in [-0.4, -0.2) is 30.0 Å². The highest BCUT2D eigenvalue weighted by Crippen LogP contribution is 2.37. The maximum Gasteiger partial charge on any atom is 0.416 e. The number of rotatable bonds is 8. The van der Waals surface area contributed by atoms with Crippen molar-refractivity contribution in [2.45, 2.75) is 64.5 Å². The van der Waals surface area contributed by atoms with Crippen LogP contribution in [0.25, 0.3) is 10.9 Å². The van der Waals surface area contributed by atoms with Crippen molar-refractivity contribution in [3.63, 3.8) is 0 Å². The SMILES string of the molecule is CCN(CC1CCCCC1)c1nc2ccccc2cc1CN(C)Cc1cc(C(F)(F)F)cc(C(F)(F)F)c1. The fraction of sp³-hybridized carbons (Fsp3) is 0.483. The lowest BCUT2D eigenvalue weighted by atomic mass is 9.89. The van der Waals surface area contributed by atoms with Crippen LogP contribution < -0.4 is 4.90 Å². The zero-order valence-electron chi connectivity index (χ0n) is 21.7. The van der Waals surface area contributed by atoms with Crippen LogP contribution in [0.1, 0.15) is 61.3 Å². The summed E-state index contributed by atoms with van der Waals surface area (Å²) < 4.78 is 80.1. The summed E-state index contributed by atoms with van der Waals surface area (Å²) in [6.45, 7) is 3.96. The molecule has 0 atom stereocenters. The van der Waals surface area contributed by atoms with E-state index in [0.29, 0.717) is 12.5 Å². The molecule has 0 bridgehead atoms. The third-order valence-corrected chi connectivity index (χ3v) is 7.20. The van der Waals surface area contributed by atoms with Gasteiger partial charge in [-0.25, -0.2) is 4.98 Å². The third kappa shape index (κ3) is 6.98. The van der Waals surface area contributed by atoms with Crippen LogP contribution in [0.15, 0.2) is 48.5 Å². The van der Waals surface area contributed by atoms with Crippen molar-refractivity contribution >= 4 is 16.7 Å². The van der Waals surface area contributed by atoms with Crippen LogP contribution in [0.3, 0.4) is 0 Å². The average molecular weight is 538 g/mol. The zero-order valence-corrected chi connectivity index (χ0v) is 21.7. The lowest BCUT2D eigenvalue weighted by Crippen LogP contribution is -2.32. The molecule has 4 rings (SSSR count). The molecule has 38 heavy (non-hydrogen) atoms. The van der Waals surface area contributed by atoms with Gasteiger partial charge in [0.05, 0.1) is 16.6 Å². The Morgan fingerprint density at radius 3 is 2.08 bits per heavy atom. The Balaban J connectivity index is 1.63. The number of benzene rings is 2. The van der Waals surface area contributed by atoms with E-state index in [1.165, 1.54) is 32.1 Å². The van der Waals surface area contributed by atoms with Crippen LogP contribution in [0, 0.1) is 5.92 Å². The topological polar surface area (TPSA) is 19.4 Å². The van der Waals surface area contributed by atoms with Gasteiger partial charge >= 0.3 is 12.4 Å². The lowest BCUT2D eigenvalue weighted by Gasteiger charge is -2.32. The first kappa shape index (κ1) is 28.2. The summed E-state index contributed by atoms with van der Waals surface area (Å²) in [6, 6.07) is 11.5. The summed E-state index contributed by atoms with van der Waals surface area (Å²) in [5.41, 5.74) is -0.892. The maximum absolute atomic E-state index is 13.3. The van der Waals surface area contributed by atoms with Crippen molar-refractivity contribution < 1.29 is 26.3 Å². The molecule has 1 saturated carbocycles. The Labute approximate surface area is 219 Å². The number of hydrogen-bond acceptors (Lipinski definition) is 3. The summed E-state index contributed by atoms with van der Waals surface area (Å²) >= 11 is 0. The van der Waals surface area contributed by atoms with Gasteiger partial charge in [-0.3, -0.25) is 4.90 Å². The average Bonchev–Trinajstić information content (AvgIpc) is 2.86. The molecule has 1 fully saturated rings. The summed E-state index contributed by atoms with van der Waals surface area (Å²) in [5.74, 6) is 1.40. The normalized spacial score (nSPS) is 15.4. The van der Waals surface area contributed by atoms with E-state index >= 15 is 0 Å². The van der Waals surface area contributed by atoms with Gasteiger partial charge in [-0.05, 0) is 68.6 Å². The molecule has 206 valence electrons. The standard InChI is InChI=1S/C29H33F6N3/c1-3-38(18-20-9-5-4-6-10-20)27-23(15-22-11-7-8-12-26(22)36-27)19-37(2)17-21-13-24(28(30,31)32)16-25(14-21)29(33,34)35/h7-8,11-16,20H,3-6,9-10,17-19H2,1-2H3. The molecule has 0 spiro atoms. The second kappa shape index (κ2) is 11.5. The first-order valence-electron chi connectivity index (χ1n) is 13.0. The van der Waals surface area contributed by atoms with Crippen LogP contribution in [0.4, 0.5) is 32.2 Å². The molecule has 9 heteroatoms. The summed E-state index contributed by atoms with van der Waals surface area (Å²) in [4.78, 5) is 8.96. The van der Waals surface area contributed by atoms with Gasteiger partial charge in [0, 0.05) is 37.1 Å². The van der Waals surface area contributed by atoms with Crippen molar-refractivity contribution in [3.05, 3.63) is 70.8 Å². The molecule has 0 aliphatic heterocycles. The molecular weight excluding hydrogens is 504 g/mol. The molecule has 3 aromatic rings. The Bertz CT molecular complexity index is 1200. The smallest absolute Gasteiger partial charge is 0.356 e. The van der Waals surface area contributed by atoms with Crippen LogP contribution in [0.2, 0.25) is 0 Å². The van der Waals surface area contributed by atoms with Crippen molar-refractivity contribution in [1.29, 1.82) is 0 Å². The third-order valence-electron chi connectivity index (χ3n) is 7.20. The number of hydrogen-bond donors (Lipinski definition) is 0. The Morgan fingerprint density at radius 1 is 0.842 bits per heavy atom. The minimum atomic E-state index is -4.87. The quantitative estimate of drug-likeness (QED) is 0.270. The van der Waals surface area contributed by atoms with E-state index in [0.717, 1.165) is 47.5 Å². The molecule has 0 amide bonds. The number of anilines is 1. The van der Waals surface area contributed by atoms with Crippen molar-refractivity contribution in [1.82, 2.24) is 9.88 Å². The first-order chi connectivity index (χ1) is 17.9. The molecular formula is C29H33F6N3. The van der Waals surface area contributed by atoms with Gasteiger partial charge in [-0.15, -0.1) is 0 Å². The minimum absolute atomic E-state index is 0.0421. The fourth-order valence-corrected chi connectivity index (χ4v) is 5.36. The highest BCUT2D eigenvalue weighted by molar-refractivity contribution is 5.81. The summed E-state index contributed by atoms with van der Waals surface area (Å²) in [5, 5.41) is 0.937. The number of pyridine rings is 1. The van der Waals surface area contributed by atoms with Crippen molar-refractivity contribution in [3.8, 4) is 0 Å². The predicted molar refractivity (Wildman–Crippen MR) is 138 cm³/mol. The Hall–Kier alpha value is -2.81. The van der Waals surface area contributed by atoms with E-state index in [9.17, 15) is 26.3 Å². The molecule has 0 unspecified atom stereocenters. The number of para-hydroxylation sites is 1. The highest BCUT2D eigenvalue weighted by Gasteiger charge is 2.37. The molecule has 1 aliphatic carbocycles. The Morgan fingerprint density at radius 2 is 1.47 bits per heavy atom. The minimum Gasteiger partial charge on any atom is -0.356 e. The number of nitrogens with zero attached hydrogens (tertiary/aromatic N) is 3. The molecule has 2 aromatic carbocycles. The second-order valence-corrected chi connectivity index (χ2v) is 10.3. The summed E-state index contributed by atoms with van der Waals surface area (Å²) in [6.07, 6.45) is -3.68. The van der Waals surface area contributed by atoms with Gasteiger partial charge < -0.3 is 4.90 Å². The maximum atomic E-state index is 13.3. The van der Waals surface area contributed by atoms with E-state index < -0.39 is 23.5 Å². The largest absolute Gasteiger partial charge is 0.416 e. The van der Waals surface area contributed by atoms with E-state index in [1.807, 2.05) is 30.3 Å². The molecule has 1 aliphatic rings. The van der Waals surface area contributed by atoms with Gasteiger partial charge in [0.15, 0.2) is 0 Å². The predicted octanol–water partition coefficient (Wildman–Crippen LogP) is 8.31. The molecule has 3 nitrogen and oxygen atoms in total. The van der Waals surface area contributed by atoms with Crippen LogP contribution >= 0.6 is 0 Å². The van der Waals surface area contributed by atoms with Gasteiger partial charge in [-0.2, -0.15) is 26.3 Å². The highest BCUT2D eigenvalue weighted by atomic mass is 19.4. The fourth-order valence-electron chi connectivity index (χ4n) is 5.36. The number of alkyl halides is 6. The van der Waals surface area contributed by atoms with Gasteiger partial charge in [0.25, 0.3) is 0 Å². The lowest BCUT2D eigenvalue weighted by molar-refractivity contribution is -0.143. The van der Waals surface area contributed by atoms with Crippen LogP contribution in [-0.2, 0) is 25.4 Å². The van der Waals surface area contributed by atoms with E-state index in [4.69, 9.17) is 4.98 Å². The van der Waals surface area contributed by atoms with Gasteiger partial charge in [0.2, 0.25) is 0 Å². The van der Waals surface area contributed by atoms with E-state index in [-0.39, 0.29) is 18.2 Å². The summed E-state index contributed by atoms with van der Waals surface area (Å²) in [7, 11) is 1.70. The number of aromatic nitrogens is 1. The Kier molecular flexibility index (Phi) is 8.55. The number of halogens is 6.